The van der Waals surface area contributed by atoms with Crippen molar-refractivity contribution in [1.29, 1.82) is 0 Å². The number of fused-ring (bicyclic) bond motifs is 1. The quantitative estimate of drug-likeness (QED) is 0.175. The van der Waals surface area contributed by atoms with Gasteiger partial charge in [-0.25, -0.2) is 9.59 Å². The average Bonchev–Trinajstić information content (AvgIpc) is 3.63. The minimum Gasteiger partial charge on any atom is -0.461 e. The van der Waals surface area contributed by atoms with Crippen molar-refractivity contribution in [3.05, 3.63) is 30.5 Å². The van der Waals surface area contributed by atoms with Gasteiger partial charge in [-0.3, -0.25) is 24.5 Å². The zero-order valence-electron chi connectivity index (χ0n) is 28.9. The maximum Gasteiger partial charge on any atom is 0.412 e. The van der Waals surface area contributed by atoms with E-state index in [0.717, 1.165) is 24.8 Å². The Kier molecular flexibility index (Phi) is 12.9. The molecular weight excluding hydrogens is 620 g/mol. The number of carbonyl (C=O) groups excluding carboxylic acids is 4. The van der Waals surface area contributed by atoms with E-state index in [1.807, 2.05) is 31.3 Å². The molecule has 2 fully saturated rings. The number of ether oxygens (including phenoxy) is 4. The Morgan fingerprint density at radius 1 is 1.12 bits per heavy atom. The lowest BCUT2D eigenvalue weighted by Crippen LogP contribution is -2.52. The van der Waals surface area contributed by atoms with Gasteiger partial charge in [0.05, 0.1) is 18.3 Å². The second-order valence-electron chi connectivity index (χ2n) is 13.5. The van der Waals surface area contributed by atoms with E-state index in [1.54, 1.807) is 50.5 Å². The fourth-order valence-electron chi connectivity index (χ4n) is 5.93. The predicted molar refractivity (Wildman–Crippen MR) is 177 cm³/mol. The van der Waals surface area contributed by atoms with Gasteiger partial charge in [-0.15, -0.1) is 5.10 Å². The van der Waals surface area contributed by atoms with Crippen molar-refractivity contribution in [1.82, 2.24) is 25.2 Å². The van der Waals surface area contributed by atoms with Gasteiger partial charge in [-0.05, 0) is 85.4 Å². The lowest BCUT2D eigenvalue weighted by molar-refractivity contribution is -0.154. The number of cyclic esters (lactones) is 1. The number of unbranched alkanes of at least 4 members (excludes halogenated alkanes) is 1. The molecule has 2 aliphatic rings. The van der Waals surface area contributed by atoms with Crippen LogP contribution in [0.1, 0.15) is 73.1 Å². The second-order valence-corrected chi connectivity index (χ2v) is 13.5. The molecule has 3 heterocycles. The molecule has 0 saturated carbocycles. The largest absolute Gasteiger partial charge is 0.461 e. The third-order valence-corrected chi connectivity index (χ3v) is 8.56. The molecule has 4 rings (SSSR count). The molecule has 2 N–H and O–H groups in total. The molecule has 2 aliphatic heterocycles. The molecule has 0 radical (unpaired) electrons. The van der Waals surface area contributed by atoms with Gasteiger partial charge >= 0.3 is 18.2 Å². The number of anilines is 1. The van der Waals surface area contributed by atoms with E-state index in [9.17, 15) is 19.2 Å². The van der Waals surface area contributed by atoms with Gasteiger partial charge in [0.1, 0.15) is 29.6 Å². The number of ketones is 1. The Morgan fingerprint density at radius 3 is 2.65 bits per heavy atom. The first-order chi connectivity index (χ1) is 22.8. The highest BCUT2D eigenvalue weighted by Gasteiger charge is 2.45. The van der Waals surface area contributed by atoms with Gasteiger partial charge in [-0.2, -0.15) is 0 Å². The Bertz CT molecular complexity index is 1410. The summed E-state index contributed by atoms with van der Waals surface area (Å²) in [5.41, 5.74) is 1.43. The van der Waals surface area contributed by atoms with Gasteiger partial charge in [-0.1, -0.05) is 17.3 Å². The van der Waals surface area contributed by atoms with Crippen molar-refractivity contribution >= 4 is 29.6 Å². The standard InChI is InChI=1S/C34H50N6O8/c1-22-28(41)15-14-26(45-6)13-10-16-35-23(2)30-29(21-46-31(22)42)47-33(44)40(30)18-8-7-17-39-20-27(37-38-39)24-11-9-12-25(19-24)36-32(43)48-34(3,4)5/h9,11-12,19-20,22-23,26,29-30,35H,7-8,10,13-18,21H2,1-6H3,(H,36,43). The Morgan fingerprint density at radius 2 is 1.90 bits per heavy atom. The zero-order valence-corrected chi connectivity index (χ0v) is 28.9. The first kappa shape index (κ1) is 36.8. The van der Waals surface area contributed by atoms with Crippen LogP contribution in [0, 0.1) is 5.92 Å². The minimum atomic E-state index is -0.898. The first-order valence-corrected chi connectivity index (χ1v) is 16.8. The van der Waals surface area contributed by atoms with Gasteiger partial charge in [0, 0.05) is 43.9 Å². The maximum atomic E-state index is 13.0. The zero-order chi connectivity index (χ0) is 34.8. The molecule has 14 heteroatoms. The summed E-state index contributed by atoms with van der Waals surface area (Å²) in [4.78, 5) is 52.3. The van der Waals surface area contributed by atoms with Crippen LogP contribution >= 0.6 is 0 Å². The molecule has 2 amide bonds. The highest BCUT2D eigenvalue weighted by molar-refractivity contribution is 5.98. The molecule has 5 unspecified atom stereocenters. The van der Waals surface area contributed by atoms with Crippen molar-refractivity contribution in [2.75, 3.05) is 32.1 Å². The molecular formula is C34H50N6O8. The van der Waals surface area contributed by atoms with E-state index in [2.05, 4.69) is 20.9 Å². The number of methoxy groups -OCH3 is 1. The summed E-state index contributed by atoms with van der Waals surface area (Å²) < 4.78 is 23.9. The normalized spacial score (nSPS) is 24.6. The van der Waals surface area contributed by atoms with Crippen LogP contribution in [0.4, 0.5) is 15.3 Å². The lowest BCUT2D eigenvalue weighted by Gasteiger charge is -2.30. The Labute approximate surface area is 282 Å². The number of aromatic nitrogens is 3. The number of esters is 1. The van der Waals surface area contributed by atoms with E-state index in [4.69, 9.17) is 18.9 Å². The van der Waals surface area contributed by atoms with Crippen LogP contribution in [0.3, 0.4) is 0 Å². The van der Waals surface area contributed by atoms with E-state index in [1.165, 1.54) is 0 Å². The number of nitrogens with one attached hydrogen (secondary N) is 2. The third-order valence-electron chi connectivity index (χ3n) is 8.56. The summed E-state index contributed by atoms with van der Waals surface area (Å²) in [5, 5.41) is 14.8. The van der Waals surface area contributed by atoms with Gasteiger partial charge in [0.15, 0.2) is 6.10 Å². The topological polar surface area (TPSA) is 163 Å². The van der Waals surface area contributed by atoms with Gasteiger partial charge in [0.2, 0.25) is 0 Å². The average molecular weight is 671 g/mol. The van der Waals surface area contributed by atoms with Crippen LogP contribution in [0.5, 0.6) is 0 Å². The first-order valence-electron chi connectivity index (χ1n) is 16.8. The number of benzene rings is 1. The van der Waals surface area contributed by atoms with E-state index >= 15 is 0 Å². The molecule has 2 aromatic rings. The molecule has 264 valence electrons. The summed E-state index contributed by atoms with van der Waals surface area (Å²) in [6.07, 6.45) is 3.90. The number of carbonyl (C=O) groups is 4. The molecule has 14 nitrogen and oxygen atoms in total. The summed E-state index contributed by atoms with van der Waals surface area (Å²) in [6.45, 7) is 10.6. The van der Waals surface area contributed by atoms with Crippen LogP contribution in [0.15, 0.2) is 30.5 Å². The number of rotatable bonds is 8. The smallest absolute Gasteiger partial charge is 0.412 e. The Balaban J connectivity index is 1.34. The van der Waals surface area contributed by atoms with Crippen molar-refractivity contribution in [3.8, 4) is 11.3 Å². The van der Waals surface area contributed by atoms with E-state index in [0.29, 0.717) is 43.9 Å². The van der Waals surface area contributed by atoms with Crippen LogP contribution in [-0.2, 0) is 35.1 Å². The van der Waals surface area contributed by atoms with Crippen LogP contribution < -0.4 is 10.6 Å². The Hall–Kier alpha value is -4.04. The number of hydrogen-bond acceptors (Lipinski definition) is 11. The number of hydrogen-bond donors (Lipinski definition) is 2. The molecule has 5 atom stereocenters. The number of aryl methyl sites for hydroxylation is 1. The van der Waals surface area contributed by atoms with Crippen molar-refractivity contribution in [3.63, 3.8) is 0 Å². The number of nitrogens with zero attached hydrogens (tertiary/aromatic N) is 4. The van der Waals surface area contributed by atoms with Crippen molar-refractivity contribution in [2.24, 2.45) is 5.92 Å². The number of amides is 2. The predicted octanol–water partition coefficient (Wildman–Crippen LogP) is 4.58. The van der Waals surface area contributed by atoms with Crippen LogP contribution in [-0.4, -0.2) is 101 Å². The molecule has 1 aromatic carbocycles. The molecule has 48 heavy (non-hydrogen) atoms. The van der Waals surface area contributed by atoms with Crippen molar-refractivity contribution < 1.29 is 38.1 Å². The summed E-state index contributed by atoms with van der Waals surface area (Å²) in [7, 11) is 1.63. The summed E-state index contributed by atoms with van der Waals surface area (Å²) >= 11 is 0. The van der Waals surface area contributed by atoms with Crippen molar-refractivity contribution in [2.45, 2.75) is 110 Å². The second kappa shape index (κ2) is 16.9. The third kappa shape index (κ3) is 10.5. The highest BCUT2D eigenvalue weighted by atomic mass is 16.6. The van der Waals surface area contributed by atoms with E-state index in [-0.39, 0.29) is 37.0 Å². The fraction of sp³-hybridized carbons (Fsp3) is 0.647. The van der Waals surface area contributed by atoms with Crippen LogP contribution in [0.2, 0.25) is 0 Å². The van der Waals surface area contributed by atoms with Gasteiger partial charge in [0.25, 0.3) is 0 Å². The molecule has 0 aliphatic carbocycles. The number of Topliss-reactive ketones (excluding diaryl/α,β-unsaturated/α-hetero) is 1. The molecule has 1 aromatic heterocycles. The minimum absolute atomic E-state index is 0.0764. The fourth-order valence-corrected chi connectivity index (χ4v) is 5.93. The van der Waals surface area contributed by atoms with E-state index < -0.39 is 35.8 Å². The molecule has 2 saturated heterocycles. The molecule has 0 bridgehead atoms. The summed E-state index contributed by atoms with van der Waals surface area (Å²) in [5.74, 6) is -1.70. The highest BCUT2D eigenvalue weighted by Crippen LogP contribution is 2.25. The molecule has 0 spiro atoms. The lowest BCUT2D eigenvalue weighted by atomic mass is 9.99. The van der Waals surface area contributed by atoms with Crippen LogP contribution in [0.25, 0.3) is 11.3 Å². The summed E-state index contributed by atoms with van der Waals surface area (Å²) in [6, 6.07) is 6.80. The maximum absolute atomic E-state index is 13.0. The van der Waals surface area contributed by atoms with Gasteiger partial charge < -0.3 is 24.3 Å². The monoisotopic (exact) mass is 670 g/mol. The SMILES string of the molecule is COC1CCCNC(C)C2C(COC(=O)C(C)C(=O)CC1)OC(=O)N2CCCCn1cc(-c2cccc(NC(=O)OC(C)(C)C)c2)nn1.